The summed E-state index contributed by atoms with van der Waals surface area (Å²) >= 11 is 0. The molecule has 0 aliphatic carbocycles. The summed E-state index contributed by atoms with van der Waals surface area (Å²) in [6.45, 7) is 8.80. The number of nitrogens with zero attached hydrogens (tertiary/aromatic N) is 2. The van der Waals surface area contributed by atoms with E-state index in [-0.39, 0.29) is 0 Å². The highest BCUT2D eigenvalue weighted by Gasteiger charge is 2.24. The van der Waals surface area contributed by atoms with Crippen LogP contribution in [0.25, 0.3) is 89.5 Å². The first-order valence-electron chi connectivity index (χ1n) is 21.5. The van der Waals surface area contributed by atoms with Crippen LogP contribution in [-0.2, 0) is 0 Å². The summed E-state index contributed by atoms with van der Waals surface area (Å²) in [7, 11) is 0. The van der Waals surface area contributed by atoms with E-state index in [1.165, 1.54) is 100 Å². The Balaban J connectivity index is 1.10. The summed E-state index contributed by atoms with van der Waals surface area (Å²) in [5.74, 6) is 0. The van der Waals surface area contributed by atoms with E-state index >= 15 is 0 Å². The Bertz CT molecular complexity index is 2930. The minimum atomic E-state index is 1.14. The fourth-order valence-corrected chi connectivity index (χ4v) is 9.09. The molecular weight excluding hydrogens is 749 g/mol. The average Bonchev–Trinajstić information content (AvgIpc) is 3.92. The molecule has 10 rings (SSSR count). The first kappa shape index (κ1) is 38.5. The third-order valence-corrected chi connectivity index (χ3v) is 12.2. The van der Waals surface area contributed by atoms with Gasteiger partial charge in [-0.1, -0.05) is 193 Å². The second-order valence-corrected chi connectivity index (χ2v) is 16.5. The van der Waals surface area contributed by atoms with Gasteiger partial charge in [0.1, 0.15) is 0 Å². The van der Waals surface area contributed by atoms with E-state index in [1.54, 1.807) is 0 Å². The number of hydrogen-bond donors (Lipinski definition) is 0. The maximum Gasteiger partial charge on any atom is 0.0613 e. The lowest BCUT2D eigenvalue weighted by atomic mass is 9.89. The van der Waals surface area contributed by atoms with Crippen LogP contribution < -0.4 is 0 Å². The highest BCUT2D eigenvalue weighted by atomic mass is 15.0. The summed E-state index contributed by atoms with van der Waals surface area (Å²) in [5.41, 5.74) is 24.1. The molecule has 0 fully saturated rings. The number of rotatable bonds is 9. The van der Waals surface area contributed by atoms with Crippen LogP contribution in [0.1, 0.15) is 22.3 Å². The van der Waals surface area contributed by atoms with Gasteiger partial charge in [0.25, 0.3) is 0 Å². The van der Waals surface area contributed by atoms with E-state index < -0.39 is 0 Å². The number of benzene rings is 8. The summed E-state index contributed by atoms with van der Waals surface area (Å²) in [6, 6.07) is 75.0. The molecule has 0 amide bonds. The molecule has 298 valence electrons. The summed E-state index contributed by atoms with van der Waals surface area (Å²) in [6.07, 6.45) is 4.67. The Labute approximate surface area is 365 Å². The average molecular weight is 797 g/mol. The van der Waals surface area contributed by atoms with Gasteiger partial charge in [0.15, 0.2) is 0 Å². The fraction of sp³-hybridized carbons (Fsp3) is 0.0667. The Morgan fingerprint density at radius 1 is 0.274 bits per heavy atom. The topological polar surface area (TPSA) is 9.86 Å². The van der Waals surface area contributed by atoms with Gasteiger partial charge >= 0.3 is 0 Å². The number of hydrogen-bond acceptors (Lipinski definition) is 0. The van der Waals surface area contributed by atoms with E-state index in [4.69, 9.17) is 0 Å². The van der Waals surface area contributed by atoms with Crippen molar-refractivity contribution in [1.82, 2.24) is 9.13 Å². The third-order valence-electron chi connectivity index (χ3n) is 12.2. The monoisotopic (exact) mass is 796 g/mol. The second-order valence-electron chi connectivity index (χ2n) is 16.5. The molecule has 0 bridgehead atoms. The molecule has 62 heavy (non-hydrogen) atoms. The van der Waals surface area contributed by atoms with Crippen LogP contribution in [0.5, 0.6) is 0 Å². The standard InChI is InChI=1S/C60H48N2/c1-41-25-31-51(32-26-41)61-39-55(57(45-17-9-5-10-18-45)59(61)47-21-13-7-14-22-47)49-29-35-53(43(3)37-49)54-36-30-50(38-44(54)4)56-40-62(52-33-27-42(2)28-34-52)60(48-23-15-8-16-24-48)58(56)46-19-11-6-12-20-46/h5-40H,1-4H3. The first-order valence-corrected chi connectivity index (χ1v) is 21.5. The zero-order valence-corrected chi connectivity index (χ0v) is 35.7. The lowest BCUT2D eigenvalue weighted by Gasteiger charge is -2.15. The minimum absolute atomic E-state index is 1.14. The van der Waals surface area contributed by atoms with Crippen molar-refractivity contribution in [3.8, 4) is 89.5 Å². The summed E-state index contributed by atoms with van der Waals surface area (Å²) in [5, 5.41) is 0. The molecule has 2 nitrogen and oxygen atoms in total. The number of aryl methyl sites for hydroxylation is 4. The van der Waals surface area contributed by atoms with Crippen LogP contribution in [-0.4, -0.2) is 9.13 Å². The summed E-state index contributed by atoms with van der Waals surface area (Å²) in [4.78, 5) is 0. The lowest BCUT2D eigenvalue weighted by molar-refractivity contribution is 1.09. The van der Waals surface area contributed by atoms with E-state index in [2.05, 4.69) is 255 Å². The molecule has 8 aromatic carbocycles. The molecule has 0 N–H and O–H groups in total. The molecule has 0 aliphatic rings. The van der Waals surface area contributed by atoms with Crippen molar-refractivity contribution in [2.75, 3.05) is 0 Å². The van der Waals surface area contributed by atoms with Crippen LogP contribution in [0.3, 0.4) is 0 Å². The second kappa shape index (κ2) is 16.4. The van der Waals surface area contributed by atoms with Crippen molar-refractivity contribution in [3.63, 3.8) is 0 Å². The quantitative estimate of drug-likeness (QED) is 0.138. The largest absolute Gasteiger partial charge is 0.315 e. The van der Waals surface area contributed by atoms with Gasteiger partial charge in [0.05, 0.1) is 11.4 Å². The normalized spacial score (nSPS) is 11.2. The molecular formula is C60H48N2. The fourth-order valence-electron chi connectivity index (χ4n) is 9.09. The van der Waals surface area contributed by atoms with Gasteiger partial charge in [-0.2, -0.15) is 0 Å². The lowest BCUT2D eigenvalue weighted by Crippen LogP contribution is -1.96. The van der Waals surface area contributed by atoms with E-state index in [0.29, 0.717) is 0 Å². The van der Waals surface area contributed by atoms with Crippen LogP contribution in [0.4, 0.5) is 0 Å². The predicted octanol–water partition coefficient (Wildman–Crippen LogP) is 16.2. The van der Waals surface area contributed by atoms with Gasteiger partial charge < -0.3 is 9.13 Å². The Morgan fingerprint density at radius 2 is 0.597 bits per heavy atom. The van der Waals surface area contributed by atoms with Crippen molar-refractivity contribution in [3.05, 3.63) is 241 Å². The Morgan fingerprint density at radius 3 is 0.919 bits per heavy atom. The van der Waals surface area contributed by atoms with Crippen molar-refractivity contribution < 1.29 is 0 Å². The summed E-state index contributed by atoms with van der Waals surface area (Å²) < 4.78 is 4.75. The van der Waals surface area contributed by atoms with Crippen molar-refractivity contribution >= 4 is 0 Å². The van der Waals surface area contributed by atoms with Crippen LogP contribution in [0.2, 0.25) is 0 Å². The molecule has 2 aromatic heterocycles. The highest BCUT2D eigenvalue weighted by molar-refractivity contribution is 5.97. The zero-order valence-electron chi connectivity index (χ0n) is 35.7. The third kappa shape index (κ3) is 7.20. The highest BCUT2D eigenvalue weighted by Crippen LogP contribution is 2.46. The first-order chi connectivity index (χ1) is 30.4. The maximum absolute atomic E-state index is 2.38. The molecule has 2 heterocycles. The van der Waals surface area contributed by atoms with Gasteiger partial charge in [-0.3, -0.25) is 0 Å². The zero-order chi connectivity index (χ0) is 42.2. The van der Waals surface area contributed by atoms with E-state index in [9.17, 15) is 0 Å². The van der Waals surface area contributed by atoms with Crippen LogP contribution >= 0.6 is 0 Å². The van der Waals surface area contributed by atoms with Gasteiger partial charge in [-0.15, -0.1) is 0 Å². The predicted molar refractivity (Wildman–Crippen MR) is 262 cm³/mol. The van der Waals surface area contributed by atoms with Crippen molar-refractivity contribution in [2.45, 2.75) is 27.7 Å². The molecule has 2 heteroatoms. The van der Waals surface area contributed by atoms with Crippen LogP contribution in [0, 0.1) is 27.7 Å². The van der Waals surface area contributed by atoms with Crippen LogP contribution in [0.15, 0.2) is 219 Å². The minimum Gasteiger partial charge on any atom is -0.315 e. The molecule has 0 aliphatic heterocycles. The van der Waals surface area contributed by atoms with E-state index in [1.807, 2.05) is 0 Å². The van der Waals surface area contributed by atoms with Gasteiger partial charge in [0, 0.05) is 46.0 Å². The molecule has 0 saturated heterocycles. The SMILES string of the molecule is Cc1ccc(-n2cc(-c3ccc(-c4ccc(-c5cn(-c6ccc(C)cc6)c(-c6ccccc6)c5-c5ccccc5)cc4C)c(C)c3)c(-c3ccccc3)c2-c2ccccc2)cc1. The smallest absolute Gasteiger partial charge is 0.0613 e. The molecule has 0 saturated carbocycles. The van der Waals surface area contributed by atoms with Gasteiger partial charge in [-0.05, 0) is 108 Å². The molecule has 0 radical (unpaired) electrons. The van der Waals surface area contributed by atoms with Crippen molar-refractivity contribution in [2.24, 2.45) is 0 Å². The molecule has 0 spiro atoms. The maximum atomic E-state index is 2.38. The Hall–Kier alpha value is -7.68. The molecule has 10 aromatic rings. The molecule has 0 unspecified atom stereocenters. The van der Waals surface area contributed by atoms with E-state index in [0.717, 1.165) is 11.4 Å². The van der Waals surface area contributed by atoms with Gasteiger partial charge in [0.2, 0.25) is 0 Å². The molecule has 0 atom stereocenters. The van der Waals surface area contributed by atoms with Crippen molar-refractivity contribution in [1.29, 1.82) is 0 Å². The number of aromatic nitrogens is 2. The Kier molecular flexibility index (Phi) is 10.2. The van der Waals surface area contributed by atoms with Gasteiger partial charge in [-0.25, -0.2) is 0 Å².